The largest absolute Gasteiger partial charge is 0.415 e. The summed E-state index contributed by atoms with van der Waals surface area (Å²) in [7, 11) is 0. The third kappa shape index (κ3) is 5.09. The zero-order valence-corrected chi connectivity index (χ0v) is 13.8. The van der Waals surface area contributed by atoms with Gasteiger partial charge >= 0.3 is 6.61 Å². The summed E-state index contributed by atoms with van der Waals surface area (Å²) in [6, 6.07) is 1.28. The normalized spacial score (nSPS) is 14.9. The fourth-order valence-electron chi connectivity index (χ4n) is 2.53. The fraction of sp³-hybridized carbons (Fsp3) is 0.467. The topological polar surface area (TPSA) is 125 Å². The Balaban J connectivity index is 0.000000236. The molecule has 0 saturated heterocycles. The highest BCUT2D eigenvalue weighted by Gasteiger charge is 2.09. The molecule has 1 saturated carbocycles. The van der Waals surface area contributed by atoms with Crippen LogP contribution in [0, 0.1) is 0 Å². The number of rotatable bonds is 4. The number of hydrogen-bond acceptors (Lipinski definition) is 7. The van der Waals surface area contributed by atoms with Gasteiger partial charge in [-0.1, -0.05) is 19.3 Å². The van der Waals surface area contributed by atoms with Crippen molar-refractivity contribution in [1.29, 1.82) is 0 Å². The number of halogens is 2. The van der Waals surface area contributed by atoms with Crippen LogP contribution < -0.4 is 10.1 Å². The molecule has 26 heavy (non-hydrogen) atoms. The first-order valence-electron chi connectivity index (χ1n) is 8.21. The van der Waals surface area contributed by atoms with Gasteiger partial charge in [0.15, 0.2) is 11.5 Å². The molecule has 0 bridgehead atoms. The minimum Gasteiger partial charge on any atom is -0.415 e. The van der Waals surface area contributed by atoms with Gasteiger partial charge in [-0.3, -0.25) is 10.2 Å². The first-order chi connectivity index (χ1) is 12.6. The minimum atomic E-state index is -2.92. The van der Waals surface area contributed by atoms with Gasteiger partial charge in [-0.15, -0.1) is 5.10 Å². The predicted octanol–water partition coefficient (Wildman–Crippen LogP) is 2.73. The summed E-state index contributed by atoms with van der Waals surface area (Å²) in [6.45, 7) is -2.92. The zero-order chi connectivity index (χ0) is 18.4. The summed E-state index contributed by atoms with van der Waals surface area (Å²) in [5, 5.41) is 24.2. The molecule has 0 amide bonds. The van der Waals surface area contributed by atoms with E-state index in [9.17, 15) is 8.78 Å². The summed E-state index contributed by atoms with van der Waals surface area (Å²) in [6.07, 6.45) is 8.94. The van der Waals surface area contributed by atoms with E-state index in [2.05, 4.69) is 40.4 Å². The molecule has 1 aliphatic rings. The van der Waals surface area contributed by atoms with Gasteiger partial charge in [0.25, 0.3) is 0 Å². The van der Waals surface area contributed by atoms with E-state index in [0.717, 1.165) is 12.8 Å². The minimum absolute atomic E-state index is 0.0359. The number of alkyl halides is 2. The maximum absolute atomic E-state index is 12.0. The molecular formula is C15H19F2N7O2. The molecule has 0 radical (unpaired) electrons. The van der Waals surface area contributed by atoms with Gasteiger partial charge in [-0.25, -0.2) is 9.97 Å². The van der Waals surface area contributed by atoms with Crippen molar-refractivity contribution in [1.82, 2.24) is 30.4 Å². The number of fused-ring (bicyclic) bond motifs is 1. The summed E-state index contributed by atoms with van der Waals surface area (Å²) in [4.78, 5) is 8.26. The quantitative estimate of drug-likeness (QED) is 0.559. The van der Waals surface area contributed by atoms with Gasteiger partial charge in [0.05, 0.1) is 18.5 Å². The maximum atomic E-state index is 12.0. The Bertz CT molecular complexity index is 817. The average Bonchev–Trinajstić information content (AvgIpc) is 3.24. The van der Waals surface area contributed by atoms with Gasteiger partial charge in [0, 0.05) is 6.07 Å². The zero-order valence-electron chi connectivity index (χ0n) is 13.8. The molecule has 3 heterocycles. The Morgan fingerprint density at radius 2 is 2.00 bits per heavy atom. The predicted molar refractivity (Wildman–Crippen MR) is 89.3 cm³/mol. The second-order valence-electron chi connectivity index (χ2n) is 5.77. The molecule has 4 rings (SSSR count). The number of hydrogen-bond donors (Lipinski definition) is 4. The van der Waals surface area contributed by atoms with E-state index in [-0.39, 0.29) is 12.0 Å². The number of aliphatic hydroxyl groups is 1. The summed E-state index contributed by atoms with van der Waals surface area (Å²) in [5.74, 6) is 0.542. The van der Waals surface area contributed by atoms with Crippen LogP contribution in [0.1, 0.15) is 32.1 Å². The van der Waals surface area contributed by atoms with Crippen molar-refractivity contribution < 1.29 is 18.6 Å². The summed E-state index contributed by atoms with van der Waals surface area (Å²) < 4.78 is 28.1. The van der Waals surface area contributed by atoms with E-state index < -0.39 is 6.61 Å². The Kier molecular flexibility index (Phi) is 5.89. The van der Waals surface area contributed by atoms with Crippen LogP contribution in [-0.2, 0) is 0 Å². The lowest BCUT2D eigenvalue weighted by molar-refractivity contribution is -0.0528. The number of nitrogens with zero attached hydrogens (tertiary/aromatic N) is 4. The number of aromatic amines is 2. The van der Waals surface area contributed by atoms with E-state index in [0.29, 0.717) is 22.8 Å². The Morgan fingerprint density at radius 1 is 1.19 bits per heavy atom. The molecule has 0 atom stereocenters. The summed E-state index contributed by atoms with van der Waals surface area (Å²) >= 11 is 0. The maximum Gasteiger partial charge on any atom is 0.388 e. The van der Waals surface area contributed by atoms with Crippen LogP contribution in [0.3, 0.4) is 0 Å². The number of ether oxygens (including phenoxy) is 1. The molecule has 4 N–H and O–H groups in total. The number of aliphatic hydroxyl groups excluding tert-OH is 1. The average molecular weight is 367 g/mol. The molecule has 9 nitrogen and oxygen atoms in total. The van der Waals surface area contributed by atoms with Crippen molar-refractivity contribution in [3.05, 3.63) is 18.5 Å². The van der Waals surface area contributed by atoms with Crippen molar-refractivity contribution in [2.75, 3.05) is 5.32 Å². The van der Waals surface area contributed by atoms with E-state index in [1.54, 1.807) is 0 Å². The second-order valence-corrected chi connectivity index (χ2v) is 5.77. The molecule has 3 aromatic heterocycles. The first kappa shape index (κ1) is 18.0. The smallest absolute Gasteiger partial charge is 0.388 e. The number of aromatic nitrogens is 6. The van der Waals surface area contributed by atoms with Crippen molar-refractivity contribution in [3.63, 3.8) is 0 Å². The van der Waals surface area contributed by atoms with Crippen LogP contribution in [0.2, 0.25) is 0 Å². The van der Waals surface area contributed by atoms with Gasteiger partial charge in [0.2, 0.25) is 5.88 Å². The molecule has 1 aliphatic carbocycles. The van der Waals surface area contributed by atoms with E-state index >= 15 is 0 Å². The molecule has 0 unspecified atom stereocenters. The third-order valence-corrected chi connectivity index (χ3v) is 3.76. The molecule has 11 heteroatoms. The van der Waals surface area contributed by atoms with Crippen LogP contribution >= 0.6 is 0 Å². The molecule has 3 aromatic rings. The number of nitrogens with one attached hydrogen (secondary N) is 3. The van der Waals surface area contributed by atoms with E-state index in [1.165, 1.54) is 37.7 Å². The molecule has 0 spiro atoms. The van der Waals surface area contributed by atoms with Crippen molar-refractivity contribution in [2.24, 2.45) is 0 Å². The molecule has 0 aliphatic heterocycles. The molecular weight excluding hydrogens is 348 g/mol. The van der Waals surface area contributed by atoms with Gasteiger partial charge < -0.3 is 15.2 Å². The molecule has 1 fully saturated rings. The molecule has 140 valence electrons. The van der Waals surface area contributed by atoms with Crippen LogP contribution in [0.15, 0.2) is 18.5 Å². The van der Waals surface area contributed by atoms with Gasteiger partial charge in [-0.2, -0.15) is 13.9 Å². The number of anilines is 2. The monoisotopic (exact) mass is 367 g/mol. The van der Waals surface area contributed by atoms with Gasteiger partial charge in [-0.05, 0) is 12.8 Å². The Morgan fingerprint density at radius 3 is 2.69 bits per heavy atom. The Labute approximate surface area is 147 Å². The van der Waals surface area contributed by atoms with Crippen molar-refractivity contribution in [3.8, 4) is 5.88 Å². The van der Waals surface area contributed by atoms with Crippen molar-refractivity contribution in [2.45, 2.75) is 44.8 Å². The number of H-pyrrole nitrogens is 2. The SMILES string of the molecule is FC(F)Oc1cc(Nc2cnc3cn[nH]c3n2)[nH]n1.OC1CCCCC1. The van der Waals surface area contributed by atoms with Crippen LogP contribution in [0.25, 0.3) is 11.2 Å². The van der Waals surface area contributed by atoms with Crippen molar-refractivity contribution >= 4 is 22.8 Å². The van der Waals surface area contributed by atoms with Crippen LogP contribution in [0.5, 0.6) is 5.88 Å². The first-order valence-corrected chi connectivity index (χ1v) is 8.21. The highest BCUT2D eigenvalue weighted by Crippen LogP contribution is 2.19. The summed E-state index contributed by atoms with van der Waals surface area (Å²) in [5.41, 5.74) is 1.13. The standard InChI is InChI=1S/C9H7F2N7O.C6H12O/c10-9(11)19-7-1-5(16-17-7)14-6-3-12-4-2-13-18-8(4)15-6;7-6-4-2-1-3-5-6/h1-3,9H,(H3,13,14,15,16,17,18);6-7H,1-5H2. The van der Waals surface area contributed by atoms with E-state index in [4.69, 9.17) is 5.11 Å². The lowest BCUT2D eigenvalue weighted by Gasteiger charge is -2.14. The third-order valence-electron chi connectivity index (χ3n) is 3.76. The van der Waals surface area contributed by atoms with Gasteiger partial charge in [0.1, 0.15) is 11.3 Å². The highest BCUT2D eigenvalue weighted by molar-refractivity contribution is 5.70. The second kappa shape index (κ2) is 8.52. The Hall–Kier alpha value is -2.82. The lowest BCUT2D eigenvalue weighted by atomic mass is 9.98. The lowest BCUT2D eigenvalue weighted by Crippen LogP contribution is -2.09. The fourth-order valence-corrected chi connectivity index (χ4v) is 2.53. The molecule has 0 aromatic carbocycles. The van der Waals surface area contributed by atoms with E-state index in [1.807, 2.05) is 0 Å². The van der Waals surface area contributed by atoms with Crippen LogP contribution in [-0.4, -0.2) is 48.2 Å². The van der Waals surface area contributed by atoms with Crippen LogP contribution in [0.4, 0.5) is 20.4 Å². The highest BCUT2D eigenvalue weighted by atomic mass is 19.3.